The first-order valence-corrected chi connectivity index (χ1v) is 9.13. The van der Waals surface area contributed by atoms with Crippen molar-refractivity contribution in [1.29, 1.82) is 0 Å². The number of nitrogens with one attached hydrogen (secondary N) is 1. The van der Waals surface area contributed by atoms with E-state index in [1.807, 2.05) is 11.1 Å². The normalized spacial score (nSPS) is 15.2. The molecule has 0 bridgehead atoms. The van der Waals surface area contributed by atoms with Gasteiger partial charge < -0.3 is 14.7 Å². The Morgan fingerprint density at radius 3 is 2.50 bits per heavy atom. The predicted molar refractivity (Wildman–Crippen MR) is 102 cm³/mol. The van der Waals surface area contributed by atoms with Gasteiger partial charge in [-0.25, -0.2) is 4.98 Å². The van der Waals surface area contributed by atoms with E-state index in [2.05, 4.69) is 65.1 Å². The number of hydrogen-bond acceptors (Lipinski definition) is 5. The smallest absolute Gasteiger partial charge is 0.257 e. The van der Waals surface area contributed by atoms with Crippen LogP contribution in [0.5, 0.6) is 0 Å². The highest BCUT2D eigenvalue weighted by Gasteiger charge is 2.26. The van der Waals surface area contributed by atoms with Crippen LogP contribution in [-0.4, -0.2) is 71.2 Å². The average molecular weight is 356 g/mol. The second-order valence-corrected chi connectivity index (χ2v) is 7.39. The molecule has 3 rings (SSSR count). The summed E-state index contributed by atoms with van der Waals surface area (Å²) in [6.45, 7) is 7.99. The van der Waals surface area contributed by atoms with Crippen molar-refractivity contribution in [3.63, 3.8) is 0 Å². The molecule has 1 aliphatic heterocycles. The number of carbonyl (C=O) groups is 1. The highest BCUT2D eigenvalue weighted by atomic mass is 16.2. The van der Waals surface area contributed by atoms with Gasteiger partial charge in [-0.1, -0.05) is 19.9 Å². The van der Waals surface area contributed by atoms with Crippen LogP contribution < -0.4 is 4.90 Å². The molecule has 3 heterocycles. The lowest BCUT2D eigenvalue weighted by Crippen LogP contribution is -2.49. The molecule has 1 amide bonds. The van der Waals surface area contributed by atoms with Crippen molar-refractivity contribution >= 4 is 11.7 Å². The fourth-order valence-electron chi connectivity index (χ4n) is 3.28. The molecule has 1 saturated heterocycles. The minimum atomic E-state index is 0.0661. The summed E-state index contributed by atoms with van der Waals surface area (Å²) >= 11 is 0. The molecule has 140 valence electrons. The van der Waals surface area contributed by atoms with E-state index in [1.165, 1.54) is 5.56 Å². The number of amides is 1. The van der Waals surface area contributed by atoms with E-state index in [-0.39, 0.29) is 11.8 Å². The van der Waals surface area contributed by atoms with E-state index in [1.54, 1.807) is 6.20 Å². The molecule has 7 nitrogen and oxygen atoms in total. The molecule has 0 radical (unpaired) electrons. The molecule has 2 aromatic heterocycles. The van der Waals surface area contributed by atoms with Gasteiger partial charge in [0.2, 0.25) is 0 Å². The fraction of sp³-hybridized carbons (Fsp3) is 0.526. The van der Waals surface area contributed by atoms with Crippen LogP contribution in [0.25, 0.3) is 0 Å². The molecule has 0 aromatic carbocycles. The van der Waals surface area contributed by atoms with E-state index in [0.717, 1.165) is 31.1 Å². The zero-order chi connectivity index (χ0) is 18.7. The first kappa shape index (κ1) is 18.4. The molecule has 0 saturated carbocycles. The summed E-state index contributed by atoms with van der Waals surface area (Å²) in [5, 5.41) is 7.01. The number of hydrogen-bond donors (Lipinski definition) is 1. The van der Waals surface area contributed by atoms with Crippen LogP contribution in [0.3, 0.4) is 0 Å². The van der Waals surface area contributed by atoms with Gasteiger partial charge in [0.25, 0.3) is 5.91 Å². The molecule has 26 heavy (non-hydrogen) atoms. The Morgan fingerprint density at radius 1 is 1.19 bits per heavy atom. The lowest BCUT2D eigenvalue weighted by atomic mass is 10.1. The van der Waals surface area contributed by atoms with E-state index >= 15 is 0 Å². The molecule has 1 aliphatic rings. The summed E-state index contributed by atoms with van der Waals surface area (Å²) in [7, 11) is 4.10. The molecule has 2 aromatic rings. The van der Waals surface area contributed by atoms with Gasteiger partial charge in [-0.15, -0.1) is 0 Å². The maximum atomic E-state index is 12.8. The molecular formula is C19H28N6O. The van der Waals surface area contributed by atoms with Crippen molar-refractivity contribution in [2.45, 2.75) is 26.3 Å². The van der Waals surface area contributed by atoms with E-state index in [0.29, 0.717) is 18.7 Å². The third kappa shape index (κ3) is 4.04. The highest BCUT2D eigenvalue weighted by Crippen LogP contribution is 2.20. The Labute approximate surface area is 155 Å². The van der Waals surface area contributed by atoms with Crippen LogP contribution in [0.2, 0.25) is 0 Å². The lowest BCUT2D eigenvalue weighted by molar-refractivity contribution is 0.0745. The number of piperazine rings is 1. The number of H-pyrrole nitrogens is 1. The van der Waals surface area contributed by atoms with Gasteiger partial charge in [-0.3, -0.25) is 9.89 Å². The van der Waals surface area contributed by atoms with Crippen LogP contribution in [0.15, 0.2) is 24.5 Å². The first-order chi connectivity index (χ1) is 12.5. The summed E-state index contributed by atoms with van der Waals surface area (Å²) in [6.07, 6.45) is 3.59. The van der Waals surface area contributed by atoms with Crippen molar-refractivity contribution in [3.8, 4) is 0 Å². The summed E-state index contributed by atoms with van der Waals surface area (Å²) in [6, 6.07) is 4.20. The summed E-state index contributed by atoms with van der Waals surface area (Å²) in [5.41, 5.74) is 2.81. The largest absolute Gasteiger partial charge is 0.353 e. The van der Waals surface area contributed by atoms with Gasteiger partial charge in [-0.2, -0.15) is 5.10 Å². The number of nitrogens with zero attached hydrogens (tertiary/aromatic N) is 5. The zero-order valence-electron chi connectivity index (χ0n) is 16.1. The Balaban J connectivity index is 1.60. The maximum absolute atomic E-state index is 12.8. The molecule has 0 aliphatic carbocycles. The van der Waals surface area contributed by atoms with Crippen LogP contribution in [-0.2, 0) is 6.54 Å². The molecule has 7 heteroatoms. The Morgan fingerprint density at radius 2 is 1.92 bits per heavy atom. The van der Waals surface area contributed by atoms with E-state index < -0.39 is 0 Å². The Bertz CT molecular complexity index is 729. The monoisotopic (exact) mass is 356 g/mol. The number of aromatic amines is 1. The van der Waals surface area contributed by atoms with Crippen molar-refractivity contribution in [3.05, 3.63) is 41.3 Å². The van der Waals surface area contributed by atoms with Gasteiger partial charge >= 0.3 is 0 Å². The third-order valence-electron chi connectivity index (χ3n) is 4.68. The van der Waals surface area contributed by atoms with Gasteiger partial charge in [0, 0.05) is 38.9 Å². The summed E-state index contributed by atoms with van der Waals surface area (Å²) in [5.74, 6) is 1.30. The Hall–Kier alpha value is -2.41. The summed E-state index contributed by atoms with van der Waals surface area (Å²) in [4.78, 5) is 23.7. The number of rotatable bonds is 5. The SMILES string of the molecule is CC(C)c1[nH]ncc1C(=O)N1CCN(c2ccc(CN(C)C)cn2)CC1. The number of anilines is 1. The molecule has 1 fully saturated rings. The molecule has 1 N–H and O–H groups in total. The zero-order valence-corrected chi connectivity index (χ0v) is 16.1. The van der Waals surface area contributed by atoms with Gasteiger partial charge in [-0.05, 0) is 31.6 Å². The first-order valence-electron chi connectivity index (χ1n) is 9.13. The van der Waals surface area contributed by atoms with Crippen LogP contribution in [0.1, 0.15) is 41.4 Å². The molecule has 0 spiro atoms. The standard InChI is InChI=1S/C19H28N6O/c1-14(2)18-16(12-21-22-18)19(26)25-9-7-24(8-10-25)17-6-5-15(11-20-17)13-23(3)4/h5-6,11-12,14H,7-10,13H2,1-4H3,(H,21,22). The second-order valence-electron chi connectivity index (χ2n) is 7.39. The maximum Gasteiger partial charge on any atom is 0.257 e. The molecule has 0 atom stereocenters. The van der Waals surface area contributed by atoms with Gasteiger partial charge in [0.05, 0.1) is 17.5 Å². The second kappa shape index (κ2) is 7.86. The van der Waals surface area contributed by atoms with E-state index in [4.69, 9.17) is 0 Å². The number of aromatic nitrogens is 3. The Kier molecular flexibility index (Phi) is 5.56. The molecular weight excluding hydrogens is 328 g/mol. The predicted octanol–water partition coefficient (Wildman–Crippen LogP) is 1.95. The van der Waals surface area contributed by atoms with Crippen LogP contribution in [0, 0.1) is 0 Å². The average Bonchev–Trinajstić information content (AvgIpc) is 3.11. The topological polar surface area (TPSA) is 68.4 Å². The van der Waals surface area contributed by atoms with Crippen molar-refractivity contribution in [2.24, 2.45) is 0 Å². The quantitative estimate of drug-likeness (QED) is 0.887. The van der Waals surface area contributed by atoms with E-state index in [9.17, 15) is 4.79 Å². The van der Waals surface area contributed by atoms with Gasteiger partial charge in [0.15, 0.2) is 0 Å². The minimum absolute atomic E-state index is 0.0661. The van der Waals surface area contributed by atoms with Gasteiger partial charge in [0.1, 0.15) is 5.82 Å². The van der Waals surface area contributed by atoms with Crippen molar-refractivity contribution < 1.29 is 4.79 Å². The van der Waals surface area contributed by atoms with Crippen molar-refractivity contribution in [1.82, 2.24) is 25.0 Å². The fourth-order valence-corrected chi connectivity index (χ4v) is 3.28. The third-order valence-corrected chi connectivity index (χ3v) is 4.68. The lowest BCUT2D eigenvalue weighted by Gasteiger charge is -2.35. The highest BCUT2D eigenvalue weighted by molar-refractivity contribution is 5.95. The summed E-state index contributed by atoms with van der Waals surface area (Å²) < 4.78 is 0. The molecule has 0 unspecified atom stereocenters. The van der Waals surface area contributed by atoms with Crippen LogP contribution >= 0.6 is 0 Å². The number of carbonyl (C=O) groups excluding carboxylic acids is 1. The van der Waals surface area contributed by atoms with Crippen molar-refractivity contribution in [2.75, 3.05) is 45.2 Å². The minimum Gasteiger partial charge on any atom is -0.353 e. The number of pyridine rings is 1. The van der Waals surface area contributed by atoms with Crippen LogP contribution in [0.4, 0.5) is 5.82 Å².